The highest BCUT2D eigenvalue weighted by atomic mass is 16.7. The van der Waals surface area contributed by atoms with Crippen molar-refractivity contribution < 1.29 is 19.0 Å². The zero-order chi connectivity index (χ0) is 17.1. The SMILES string of the molecule is COCC(=O)N(Cc1ccc2c(c1)OCO2)C1CCCC(C)C1C. The Morgan fingerprint density at radius 2 is 2.04 bits per heavy atom. The van der Waals surface area contributed by atoms with Crippen molar-refractivity contribution in [2.45, 2.75) is 45.7 Å². The molecule has 0 radical (unpaired) electrons. The van der Waals surface area contributed by atoms with Gasteiger partial charge in [0, 0.05) is 19.7 Å². The van der Waals surface area contributed by atoms with Crippen LogP contribution in [0.2, 0.25) is 0 Å². The maximum Gasteiger partial charge on any atom is 0.249 e. The van der Waals surface area contributed by atoms with Crippen LogP contribution >= 0.6 is 0 Å². The number of methoxy groups -OCH3 is 1. The van der Waals surface area contributed by atoms with Crippen molar-refractivity contribution in [3.8, 4) is 11.5 Å². The number of hydrogen-bond acceptors (Lipinski definition) is 4. The Balaban J connectivity index is 1.80. The van der Waals surface area contributed by atoms with Crippen LogP contribution in [-0.2, 0) is 16.1 Å². The highest BCUT2D eigenvalue weighted by Crippen LogP contribution is 2.36. The molecule has 5 nitrogen and oxygen atoms in total. The predicted molar refractivity (Wildman–Crippen MR) is 91.0 cm³/mol. The van der Waals surface area contributed by atoms with Crippen LogP contribution in [0.25, 0.3) is 0 Å². The normalized spacial score (nSPS) is 25.5. The molecule has 5 heteroatoms. The topological polar surface area (TPSA) is 48.0 Å². The van der Waals surface area contributed by atoms with Crippen LogP contribution in [0, 0.1) is 11.8 Å². The summed E-state index contributed by atoms with van der Waals surface area (Å²) in [6, 6.07) is 6.18. The van der Waals surface area contributed by atoms with Crippen LogP contribution in [0.15, 0.2) is 18.2 Å². The number of nitrogens with zero attached hydrogens (tertiary/aromatic N) is 1. The predicted octanol–water partition coefficient (Wildman–Crippen LogP) is 3.22. The number of fused-ring (bicyclic) bond motifs is 1. The molecule has 3 unspecified atom stereocenters. The molecule has 2 aliphatic rings. The molecule has 132 valence electrons. The van der Waals surface area contributed by atoms with Crippen molar-refractivity contribution in [2.75, 3.05) is 20.5 Å². The van der Waals surface area contributed by atoms with Gasteiger partial charge in [0.15, 0.2) is 11.5 Å². The smallest absolute Gasteiger partial charge is 0.249 e. The molecule has 1 aromatic rings. The van der Waals surface area contributed by atoms with E-state index in [2.05, 4.69) is 13.8 Å². The van der Waals surface area contributed by atoms with Gasteiger partial charge in [0.2, 0.25) is 12.7 Å². The Morgan fingerprint density at radius 3 is 2.83 bits per heavy atom. The number of rotatable bonds is 5. The minimum Gasteiger partial charge on any atom is -0.454 e. The first-order valence-corrected chi connectivity index (χ1v) is 8.77. The Labute approximate surface area is 143 Å². The average molecular weight is 333 g/mol. The van der Waals surface area contributed by atoms with Gasteiger partial charge in [-0.05, 0) is 36.0 Å². The Bertz CT molecular complexity index is 589. The lowest BCUT2D eigenvalue weighted by molar-refractivity contribution is -0.140. The Hall–Kier alpha value is -1.75. The molecule has 0 aromatic heterocycles. The van der Waals surface area contributed by atoms with Gasteiger partial charge in [0.1, 0.15) is 6.61 Å². The number of benzene rings is 1. The molecule has 0 bridgehead atoms. The van der Waals surface area contributed by atoms with E-state index in [9.17, 15) is 4.79 Å². The number of amides is 1. The van der Waals surface area contributed by atoms with Gasteiger partial charge < -0.3 is 19.1 Å². The van der Waals surface area contributed by atoms with Crippen molar-refractivity contribution in [1.29, 1.82) is 0 Å². The second-order valence-corrected chi connectivity index (χ2v) is 6.98. The van der Waals surface area contributed by atoms with E-state index in [1.165, 1.54) is 12.8 Å². The fourth-order valence-electron chi connectivity index (χ4n) is 3.83. The highest BCUT2D eigenvalue weighted by molar-refractivity contribution is 5.78. The molecule has 3 rings (SSSR count). The molecule has 1 saturated carbocycles. The van der Waals surface area contributed by atoms with Gasteiger partial charge in [0.25, 0.3) is 0 Å². The summed E-state index contributed by atoms with van der Waals surface area (Å²) in [5.41, 5.74) is 1.06. The molecular weight excluding hydrogens is 306 g/mol. The van der Waals surface area contributed by atoms with E-state index >= 15 is 0 Å². The van der Waals surface area contributed by atoms with Crippen molar-refractivity contribution in [2.24, 2.45) is 11.8 Å². The van der Waals surface area contributed by atoms with Gasteiger partial charge in [-0.2, -0.15) is 0 Å². The second kappa shape index (κ2) is 7.43. The molecule has 1 aliphatic carbocycles. The van der Waals surface area contributed by atoms with Gasteiger partial charge in [0.05, 0.1) is 0 Å². The van der Waals surface area contributed by atoms with Crippen molar-refractivity contribution in [3.63, 3.8) is 0 Å². The highest BCUT2D eigenvalue weighted by Gasteiger charge is 2.34. The summed E-state index contributed by atoms with van der Waals surface area (Å²) >= 11 is 0. The molecule has 24 heavy (non-hydrogen) atoms. The van der Waals surface area contributed by atoms with E-state index < -0.39 is 0 Å². The molecule has 0 spiro atoms. The summed E-state index contributed by atoms with van der Waals surface area (Å²) in [6.45, 7) is 5.53. The first-order chi connectivity index (χ1) is 11.6. The molecule has 1 aromatic carbocycles. The third-order valence-corrected chi connectivity index (χ3v) is 5.44. The van der Waals surface area contributed by atoms with Crippen LogP contribution in [0.5, 0.6) is 11.5 Å². The summed E-state index contributed by atoms with van der Waals surface area (Å²) in [7, 11) is 1.57. The lowest BCUT2D eigenvalue weighted by Gasteiger charge is -2.41. The standard InChI is InChI=1S/C19H27NO4/c1-13-5-4-6-16(14(13)2)20(19(21)11-22-3)10-15-7-8-17-18(9-15)24-12-23-17/h7-9,13-14,16H,4-6,10-12H2,1-3H3. The zero-order valence-electron chi connectivity index (χ0n) is 14.8. The summed E-state index contributed by atoms with van der Waals surface area (Å²) in [6.07, 6.45) is 3.48. The van der Waals surface area contributed by atoms with Crippen LogP contribution < -0.4 is 9.47 Å². The molecule has 0 N–H and O–H groups in total. The fraction of sp³-hybridized carbons (Fsp3) is 0.632. The largest absolute Gasteiger partial charge is 0.454 e. The number of carbonyl (C=O) groups is 1. The molecule has 1 amide bonds. The molecule has 1 aliphatic heterocycles. The third kappa shape index (κ3) is 3.51. The zero-order valence-corrected chi connectivity index (χ0v) is 14.8. The van der Waals surface area contributed by atoms with Crippen molar-refractivity contribution >= 4 is 5.91 Å². The number of ether oxygens (including phenoxy) is 3. The molecule has 3 atom stereocenters. The van der Waals surface area contributed by atoms with Crippen LogP contribution in [0.4, 0.5) is 0 Å². The van der Waals surface area contributed by atoms with E-state index in [0.717, 1.165) is 23.5 Å². The summed E-state index contributed by atoms with van der Waals surface area (Å²) in [5, 5.41) is 0. The number of carbonyl (C=O) groups excluding carboxylic acids is 1. The van der Waals surface area contributed by atoms with E-state index in [1.54, 1.807) is 7.11 Å². The molecule has 1 heterocycles. The van der Waals surface area contributed by atoms with E-state index in [-0.39, 0.29) is 25.3 Å². The van der Waals surface area contributed by atoms with Crippen molar-refractivity contribution in [3.05, 3.63) is 23.8 Å². The first-order valence-electron chi connectivity index (χ1n) is 8.77. The molecule has 1 fully saturated rings. The van der Waals surface area contributed by atoms with Gasteiger partial charge in [-0.3, -0.25) is 4.79 Å². The summed E-state index contributed by atoms with van der Waals surface area (Å²) < 4.78 is 15.9. The first kappa shape index (κ1) is 17.1. The minimum atomic E-state index is 0.0566. The van der Waals surface area contributed by atoms with Crippen LogP contribution in [0.1, 0.15) is 38.7 Å². The third-order valence-electron chi connectivity index (χ3n) is 5.44. The lowest BCUT2D eigenvalue weighted by atomic mass is 9.77. The van der Waals surface area contributed by atoms with E-state index in [1.807, 2.05) is 23.1 Å². The minimum absolute atomic E-state index is 0.0566. The van der Waals surface area contributed by atoms with Crippen molar-refractivity contribution in [1.82, 2.24) is 4.90 Å². The van der Waals surface area contributed by atoms with Gasteiger partial charge in [-0.1, -0.05) is 32.8 Å². The van der Waals surface area contributed by atoms with Gasteiger partial charge >= 0.3 is 0 Å². The van der Waals surface area contributed by atoms with Gasteiger partial charge in [-0.15, -0.1) is 0 Å². The van der Waals surface area contributed by atoms with Gasteiger partial charge in [-0.25, -0.2) is 0 Å². The Kier molecular flexibility index (Phi) is 5.29. The maximum atomic E-state index is 12.7. The van der Waals surface area contributed by atoms with Crippen LogP contribution in [-0.4, -0.2) is 37.4 Å². The van der Waals surface area contributed by atoms with E-state index in [4.69, 9.17) is 14.2 Å². The summed E-state index contributed by atoms with van der Waals surface area (Å²) in [4.78, 5) is 14.7. The Morgan fingerprint density at radius 1 is 1.25 bits per heavy atom. The quantitative estimate of drug-likeness (QED) is 0.830. The monoisotopic (exact) mass is 333 g/mol. The fourth-order valence-corrected chi connectivity index (χ4v) is 3.83. The lowest BCUT2D eigenvalue weighted by Crippen LogP contribution is -2.48. The second-order valence-electron chi connectivity index (χ2n) is 6.98. The summed E-state index contributed by atoms with van der Waals surface area (Å²) in [5.74, 6) is 2.72. The number of hydrogen-bond donors (Lipinski definition) is 0. The maximum absolute atomic E-state index is 12.7. The molecular formula is C19H27NO4. The molecule has 0 saturated heterocycles. The average Bonchev–Trinajstić information content (AvgIpc) is 3.03. The van der Waals surface area contributed by atoms with Crippen LogP contribution in [0.3, 0.4) is 0 Å². The van der Waals surface area contributed by atoms with E-state index in [0.29, 0.717) is 18.4 Å².